The minimum atomic E-state index is -0.0679. The van der Waals surface area contributed by atoms with E-state index in [9.17, 15) is 4.79 Å². The summed E-state index contributed by atoms with van der Waals surface area (Å²) < 4.78 is 4.71. The molecule has 1 saturated heterocycles. The monoisotopic (exact) mass is 253 g/mol. The number of carbonyl (C=O) groups is 1. The standard InChI is InChI=1S/C13H19NO2S/c1-16-13(15)9-11-4-6-14(7-5-11)10-12-3-2-8-17-12/h2-3,8,11H,4-7,9-10H2,1H3. The third kappa shape index (κ3) is 3.82. The number of esters is 1. The van der Waals surface area contributed by atoms with Crippen molar-refractivity contribution in [3.05, 3.63) is 22.4 Å². The smallest absolute Gasteiger partial charge is 0.305 e. The SMILES string of the molecule is COC(=O)CC1CCN(Cc2cccs2)CC1. The van der Waals surface area contributed by atoms with Crippen molar-refractivity contribution in [1.29, 1.82) is 0 Å². The van der Waals surface area contributed by atoms with Crippen LogP contribution in [0, 0.1) is 5.92 Å². The maximum Gasteiger partial charge on any atom is 0.305 e. The lowest BCUT2D eigenvalue weighted by Gasteiger charge is -2.31. The van der Waals surface area contributed by atoms with Crippen molar-refractivity contribution in [3.8, 4) is 0 Å². The van der Waals surface area contributed by atoms with E-state index in [0.717, 1.165) is 32.5 Å². The number of hydrogen-bond acceptors (Lipinski definition) is 4. The van der Waals surface area contributed by atoms with Crippen LogP contribution in [0.2, 0.25) is 0 Å². The summed E-state index contributed by atoms with van der Waals surface area (Å²) in [6.07, 6.45) is 2.81. The fourth-order valence-corrected chi connectivity index (χ4v) is 3.04. The zero-order valence-electron chi connectivity index (χ0n) is 10.2. The zero-order valence-corrected chi connectivity index (χ0v) is 11.0. The summed E-state index contributed by atoms with van der Waals surface area (Å²) in [5.74, 6) is 0.448. The number of ether oxygens (including phenoxy) is 1. The molecule has 0 aliphatic carbocycles. The molecule has 0 spiro atoms. The molecule has 0 bridgehead atoms. The molecule has 2 rings (SSSR count). The molecule has 1 aliphatic heterocycles. The van der Waals surface area contributed by atoms with Crippen LogP contribution in [0.5, 0.6) is 0 Å². The summed E-state index contributed by atoms with van der Waals surface area (Å²) in [5, 5.41) is 2.12. The highest BCUT2D eigenvalue weighted by Crippen LogP contribution is 2.23. The molecule has 1 fully saturated rings. The Kier molecular flexibility index (Phi) is 4.57. The van der Waals surface area contributed by atoms with Gasteiger partial charge in [0.15, 0.2) is 0 Å². The molecule has 4 heteroatoms. The van der Waals surface area contributed by atoms with Crippen molar-refractivity contribution in [2.45, 2.75) is 25.8 Å². The molecule has 94 valence electrons. The first-order valence-electron chi connectivity index (χ1n) is 6.09. The molecular weight excluding hydrogens is 234 g/mol. The lowest BCUT2D eigenvalue weighted by atomic mass is 9.93. The summed E-state index contributed by atoms with van der Waals surface area (Å²) >= 11 is 1.82. The third-order valence-corrected chi connectivity index (χ3v) is 4.21. The number of nitrogens with zero attached hydrogens (tertiary/aromatic N) is 1. The van der Waals surface area contributed by atoms with Crippen LogP contribution >= 0.6 is 11.3 Å². The van der Waals surface area contributed by atoms with E-state index in [2.05, 4.69) is 22.4 Å². The first-order valence-corrected chi connectivity index (χ1v) is 6.97. The fraction of sp³-hybridized carbons (Fsp3) is 0.615. The normalized spacial score (nSPS) is 18.2. The summed E-state index contributed by atoms with van der Waals surface area (Å²) in [4.78, 5) is 15.1. The molecule has 0 unspecified atom stereocenters. The van der Waals surface area contributed by atoms with Crippen LogP contribution in [-0.2, 0) is 16.1 Å². The van der Waals surface area contributed by atoms with Gasteiger partial charge >= 0.3 is 5.97 Å². The fourth-order valence-electron chi connectivity index (χ4n) is 2.29. The van der Waals surface area contributed by atoms with E-state index in [1.54, 1.807) is 0 Å². The highest BCUT2D eigenvalue weighted by Gasteiger charge is 2.21. The van der Waals surface area contributed by atoms with Crippen LogP contribution in [0.1, 0.15) is 24.1 Å². The number of rotatable bonds is 4. The second-order valence-electron chi connectivity index (χ2n) is 4.58. The number of piperidine rings is 1. The van der Waals surface area contributed by atoms with Crippen molar-refractivity contribution < 1.29 is 9.53 Å². The van der Waals surface area contributed by atoms with Crippen LogP contribution in [0.3, 0.4) is 0 Å². The Hall–Kier alpha value is -0.870. The average molecular weight is 253 g/mol. The molecule has 0 N–H and O–H groups in total. The molecule has 0 atom stereocenters. The Morgan fingerprint density at radius 1 is 1.53 bits per heavy atom. The number of carbonyl (C=O) groups excluding carboxylic acids is 1. The van der Waals surface area contributed by atoms with E-state index in [0.29, 0.717) is 12.3 Å². The predicted octanol–water partition coefficient (Wildman–Crippen LogP) is 2.52. The molecule has 0 radical (unpaired) electrons. The van der Waals surface area contributed by atoms with E-state index in [1.165, 1.54) is 12.0 Å². The Bertz CT molecular complexity index is 342. The van der Waals surface area contributed by atoms with Crippen LogP contribution in [0.4, 0.5) is 0 Å². The van der Waals surface area contributed by atoms with Gasteiger partial charge in [0.1, 0.15) is 0 Å². The average Bonchev–Trinajstić information content (AvgIpc) is 2.84. The molecule has 0 amide bonds. The van der Waals surface area contributed by atoms with Crippen molar-refractivity contribution in [2.24, 2.45) is 5.92 Å². The maximum atomic E-state index is 11.2. The quantitative estimate of drug-likeness (QED) is 0.772. The van der Waals surface area contributed by atoms with E-state index in [4.69, 9.17) is 4.74 Å². The van der Waals surface area contributed by atoms with Gasteiger partial charge < -0.3 is 4.74 Å². The van der Waals surface area contributed by atoms with Gasteiger partial charge in [0, 0.05) is 17.8 Å². The maximum absolute atomic E-state index is 11.2. The Labute approximate surface area is 106 Å². The number of hydrogen-bond donors (Lipinski definition) is 0. The van der Waals surface area contributed by atoms with Crippen molar-refractivity contribution >= 4 is 17.3 Å². The predicted molar refractivity (Wildman–Crippen MR) is 69.0 cm³/mol. The summed E-state index contributed by atoms with van der Waals surface area (Å²) in [6.45, 7) is 3.25. The molecule has 3 nitrogen and oxygen atoms in total. The van der Waals surface area contributed by atoms with Gasteiger partial charge in [-0.15, -0.1) is 11.3 Å². The first kappa shape index (κ1) is 12.6. The van der Waals surface area contributed by atoms with E-state index in [-0.39, 0.29) is 5.97 Å². The molecule has 0 aromatic carbocycles. The topological polar surface area (TPSA) is 29.5 Å². The Morgan fingerprint density at radius 2 is 2.29 bits per heavy atom. The van der Waals surface area contributed by atoms with E-state index < -0.39 is 0 Å². The highest BCUT2D eigenvalue weighted by molar-refractivity contribution is 7.09. The van der Waals surface area contributed by atoms with Gasteiger partial charge in [0.05, 0.1) is 7.11 Å². The molecular formula is C13H19NO2S. The second-order valence-corrected chi connectivity index (χ2v) is 5.61. The van der Waals surface area contributed by atoms with Crippen molar-refractivity contribution in [1.82, 2.24) is 4.90 Å². The van der Waals surface area contributed by atoms with Gasteiger partial charge in [-0.2, -0.15) is 0 Å². The molecule has 1 aliphatic rings. The lowest BCUT2D eigenvalue weighted by molar-refractivity contribution is -0.142. The third-order valence-electron chi connectivity index (χ3n) is 3.35. The largest absolute Gasteiger partial charge is 0.469 e. The summed E-state index contributed by atoms with van der Waals surface area (Å²) in [6, 6.07) is 4.29. The van der Waals surface area contributed by atoms with E-state index in [1.807, 2.05) is 11.3 Å². The summed E-state index contributed by atoms with van der Waals surface area (Å²) in [7, 11) is 1.47. The van der Waals surface area contributed by atoms with Crippen LogP contribution in [-0.4, -0.2) is 31.1 Å². The number of likely N-dealkylation sites (tertiary alicyclic amines) is 1. The molecule has 17 heavy (non-hydrogen) atoms. The van der Waals surface area contributed by atoms with Gasteiger partial charge in [-0.05, 0) is 43.3 Å². The first-order chi connectivity index (χ1) is 8.28. The number of thiophene rings is 1. The zero-order chi connectivity index (χ0) is 12.1. The minimum absolute atomic E-state index is 0.0679. The molecule has 1 aromatic rings. The van der Waals surface area contributed by atoms with Crippen molar-refractivity contribution in [2.75, 3.05) is 20.2 Å². The molecule has 2 heterocycles. The van der Waals surface area contributed by atoms with Gasteiger partial charge in [0.2, 0.25) is 0 Å². The van der Waals surface area contributed by atoms with Gasteiger partial charge in [-0.25, -0.2) is 0 Å². The Balaban J connectivity index is 1.72. The molecule has 1 aromatic heterocycles. The highest BCUT2D eigenvalue weighted by atomic mass is 32.1. The van der Waals surface area contributed by atoms with Crippen LogP contribution in [0.15, 0.2) is 17.5 Å². The lowest BCUT2D eigenvalue weighted by Crippen LogP contribution is -2.33. The molecule has 0 saturated carbocycles. The number of methoxy groups -OCH3 is 1. The van der Waals surface area contributed by atoms with Gasteiger partial charge in [-0.1, -0.05) is 6.07 Å². The summed E-state index contributed by atoms with van der Waals surface area (Å²) in [5.41, 5.74) is 0. The van der Waals surface area contributed by atoms with Crippen LogP contribution in [0.25, 0.3) is 0 Å². The second kappa shape index (κ2) is 6.17. The van der Waals surface area contributed by atoms with E-state index >= 15 is 0 Å². The minimum Gasteiger partial charge on any atom is -0.469 e. The van der Waals surface area contributed by atoms with Gasteiger partial charge in [0.25, 0.3) is 0 Å². The Morgan fingerprint density at radius 3 is 2.88 bits per heavy atom. The van der Waals surface area contributed by atoms with Gasteiger partial charge in [-0.3, -0.25) is 9.69 Å². The van der Waals surface area contributed by atoms with Crippen LogP contribution < -0.4 is 0 Å². The van der Waals surface area contributed by atoms with Crippen molar-refractivity contribution in [3.63, 3.8) is 0 Å².